The highest BCUT2D eigenvalue weighted by molar-refractivity contribution is 7.03. The molecule has 6 rings (SSSR count). The predicted molar refractivity (Wildman–Crippen MR) is 163 cm³/mol. The van der Waals surface area contributed by atoms with Crippen molar-refractivity contribution in [2.24, 2.45) is 0 Å². The molecule has 0 spiro atoms. The molecule has 6 aromatic rings. The Bertz CT molecular complexity index is 1910. The SMILES string of the molecule is O=C(O)C(F)(F)F.O=c1[nH]ccc2nc(-c3ccc(CNCc4ccc(-c5csnn5)cc4)cc3)c(-c3ccccc3)cc12. The summed E-state index contributed by atoms with van der Waals surface area (Å²) in [4.78, 5) is 29.0. The number of aromatic amines is 1. The van der Waals surface area contributed by atoms with E-state index in [1.54, 1.807) is 6.20 Å². The molecule has 0 aliphatic carbocycles. The first-order chi connectivity index (χ1) is 21.2. The number of carboxylic acids is 1. The van der Waals surface area contributed by atoms with E-state index in [-0.39, 0.29) is 5.56 Å². The summed E-state index contributed by atoms with van der Waals surface area (Å²) in [6, 6.07) is 30.7. The van der Waals surface area contributed by atoms with Crippen LogP contribution in [0.4, 0.5) is 13.2 Å². The van der Waals surface area contributed by atoms with Crippen LogP contribution in [0.5, 0.6) is 0 Å². The van der Waals surface area contributed by atoms with Crippen molar-refractivity contribution in [3.8, 4) is 33.6 Å². The summed E-state index contributed by atoms with van der Waals surface area (Å²) in [6.07, 6.45) is -3.44. The molecule has 0 atom stereocenters. The Balaban J connectivity index is 0.000000493. The average molecular weight is 616 g/mol. The summed E-state index contributed by atoms with van der Waals surface area (Å²) in [6.45, 7) is 1.53. The first-order valence-electron chi connectivity index (χ1n) is 13.2. The first-order valence-corrected chi connectivity index (χ1v) is 14.1. The summed E-state index contributed by atoms with van der Waals surface area (Å²) in [7, 11) is 0. The van der Waals surface area contributed by atoms with Gasteiger partial charge < -0.3 is 15.4 Å². The molecule has 0 saturated carbocycles. The van der Waals surface area contributed by atoms with Crippen molar-refractivity contribution in [1.82, 2.24) is 24.9 Å². The molecule has 0 saturated heterocycles. The van der Waals surface area contributed by atoms with Gasteiger partial charge in [0.15, 0.2) is 0 Å². The number of nitrogens with one attached hydrogen (secondary N) is 2. The lowest BCUT2D eigenvalue weighted by molar-refractivity contribution is -0.192. The molecule has 0 aliphatic rings. The van der Waals surface area contributed by atoms with Gasteiger partial charge in [-0.15, -0.1) is 5.10 Å². The maximum Gasteiger partial charge on any atom is 0.490 e. The van der Waals surface area contributed by atoms with Crippen molar-refractivity contribution in [3.63, 3.8) is 0 Å². The molecule has 0 bridgehead atoms. The normalized spacial score (nSPS) is 11.2. The maximum absolute atomic E-state index is 12.4. The molecule has 0 unspecified atom stereocenters. The van der Waals surface area contributed by atoms with Crippen molar-refractivity contribution in [3.05, 3.63) is 124 Å². The molecule has 0 radical (unpaired) electrons. The summed E-state index contributed by atoms with van der Waals surface area (Å²) < 4.78 is 35.7. The van der Waals surface area contributed by atoms with Crippen LogP contribution in [0, 0.1) is 0 Å². The van der Waals surface area contributed by atoms with Crippen molar-refractivity contribution in [2.45, 2.75) is 19.3 Å². The van der Waals surface area contributed by atoms with Crippen LogP contribution >= 0.6 is 11.5 Å². The fourth-order valence-corrected chi connectivity index (χ4v) is 4.85. The highest BCUT2D eigenvalue weighted by atomic mass is 32.1. The second kappa shape index (κ2) is 13.4. The molecule has 12 heteroatoms. The maximum atomic E-state index is 12.4. The van der Waals surface area contributed by atoms with Gasteiger partial charge in [0.05, 0.1) is 16.6 Å². The van der Waals surface area contributed by atoms with Gasteiger partial charge in [0.25, 0.3) is 5.56 Å². The molecule has 8 nitrogen and oxygen atoms in total. The van der Waals surface area contributed by atoms with E-state index in [1.807, 2.05) is 47.8 Å². The van der Waals surface area contributed by atoms with Gasteiger partial charge in [-0.2, -0.15) is 13.2 Å². The number of benzene rings is 3. The van der Waals surface area contributed by atoms with Gasteiger partial charge in [-0.1, -0.05) is 83.4 Å². The lowest BCUT2D eigenvalue weighted by atomic mass is 9.97. The lowest BCUT2D eigenvalue weighted by Gasteiger charge is -2.12. The third kappa shape index (κ3) is 7.41. The van der Waals surface area contributed by atoms with Crippen LogP contribution in [0.15, 0.2) is 107 Å². The smallest absolute Gasteiger partial charge is 0.475 e. The molecule has 3 aromatic heterocycles. The van der Waals surface area contributed by atoms with Crippen LogP contribution in [-0.2, 0) is 17.9 Å². The number of fused-ring (bicyclic) bond motifs is 1. The number of alkyl halides is 3. The largest absolute Gasteiger partial charge is 0.490 e. The second-order valence-electron chi connectivity index (χ2n) is 9.58. The highest BCUT2D eigenvalue weighted by Gasteiger charge is 2.38. The number of hydrogen-bond donors (Lipinski definition) is 3. The van der Waals surface area contributed by atoms with Gasteiger partial charge in [-0.25, -0.2) is 9.78 Å². The Hall–Kier alpha value is -5.20. The quantitative estimate of drug-likeness (QED) is 0.183. The Kier molecular flexibility index (Phi) is 9.22. The molecule has 0 aliphatic heterocycles. The number of aliphatic carboxylic acids is 1. The molecular weight excluding hydrogens is 591 g/mol. The van der Waals surface area contributed by atoms with E-state index in [2.05, 4.69) is 68.4 Å². The number of rotatable bonds is 7. The minimum atomic E-state index is -5.08. The van der Waals surface area contributed by atoms with Crippen LogP contribution in [0.25, 0.3) is 44.5 Å². The molecule has 3 N–H and O–H groups in total. The van der Waals surface area contributed by atoms with Gasteiger partial charge >= 0.3 is 12.1 Å². The lowest BCUT2D eigenvalue weighted by Crippen LogP contribution is -2.21. The van der Waals surface area contributed by atoms with E-state index in [0.717, 1.165) is 46.7 Å². The van der Waals surface area contributed by atoms with E-state index in [9.17, 15) is 18.0 Å². The number of halogens is 3. The zero-order chi connectivity index (χ0) is 31.1. The molecule has 0 fully saturated rings. The summed E-state index contributed by atoms with van der Waals surface area (Å²) >= 11 is 1.36. The fraction of sp³-hybridized carbons (Fsp3) is 0.0938. The number of pyridine rings is 2. The van der Waals surface area contributed by atoms with Crippen molar-refractivity contribution in [1.29, 1.82) is 0 Å². The Morgan fingerprint density at radius 2 is 1.48 bits per heavy atom. The van der Waals surface area contributed by atoms with Gasteiger partial charge in [0.1, 0.15) is 5.69 Å². The second-order valence-corrected chi connectivity index (χ2v) is 10.2. The minimum absolute atomic E-state index is 0.134. The average Bonchev–Trinajstić information content (AvgIpc) is 3.57. The summed E-state index contributed by atoms with van der Waals surface area (Å²) in [5, 5.41) is 17.3. The predicted octanol–water partition coefficient (Wildman–Crippen LogP) is 6.70. The molecule has 3 aromatic carbocycles. The number of carbonyl (C=O) groups is 1. The standard InChI is InChI=1S/C30H23N5OS.C2HF3O2/c36-30-26-16-25(22-4-2-1-3-5-22)29(33-27(26)14-15-32-30)24-12-8-21(9-13-24)18-31-17-20-6-10-23(11-7-20)28-19-37-35-34-28;3-2(4,5)1(6)7/h1-16,19,31H,17-18H2,(H,32,36);(H,6,7). The molecule has 3 heterocycles. The number of H-pyrrole nitrogens is 1. The summed E-state index contributed by atoms with van der Waals surface area (Å²) in [5.41, 5.74) is 8.77. The number of carboxylic acid groups (broad SMARTS) is 1. The van der Waals surface area contributed by atoms with Crippen molar-refractivity contribution < 1.29 is 23.1 Å². The molecule has 0 amide bonds. The van der Waals surface area contributed by atoms with E-state index in [0.29, 0.717) is 10.9 Å². The zero-order valence-corrected chi connectivity index (χ0v) is 23.7. The molecule has 222 valence electrons. The Morgan fingerprint density at radius 3 is 2.05 bits per heavy atom. The van der Waals surface area contributed by atoms with Gasteiger partial charge in [-0.05, 0) is 40.4 Å². The monoisotopic (exact) mass is 615 g/mol. The van der Waals surface area contributed by atoms with E-state index < -0.39 is 12.1 Å². The number of nitrogens with zero attached hydrogens (tertiary/aromatic N) is 3. The van der Waals surface area contributed by atoms with Gasteiger partial charge in [0, 0.05) is 41.4 Å². The molecular formula is C32H24F3N5O3S. The van der Waals surface area contributed by atoms with Crippen LogP contribution in [0.3, 0.4) is 0 Å². The summed E-state index contributed by atoms with van der Waals surface area (Å²) in [5.74, 6) is -2.76. The Morgan fingerprint density at radius 1 is 0.864 bits per heavy atom. The van der Waals surface area contributed by atoms with Crippen LogP contribution in [0.1, 0.15) is 11.1 Å². The van der Waals surface area contributed by atoms with Gasteiger partial charge in [-0.3, -0.25) is 4.79 Å². The zero-order valence-electron chi connectivity index (χ0n) is 22.9. The van der Waals surface area contributed by atoms with E-state index in [1.165, 1.54) is 22.7 Å². The number of hydrogen-bond acceptors (Lipinski definition) is 7. The third-order valence-corrected chi connectivity index (χ3v) is 7.08. The molecule has 44 heavy (non-hydrogen) atoms. The van der Waals surface area contributed by atoms with Crippen molar-refractivity contribution in [2.75, 3.05) is 0 Å². The van der Waals surface area contributed by atoms with Crippen LogP contribution in [0.2, 0.25) is 0 Å². The van der Waals surface area contributed by atoms with Crippen LogP contribution in [-0.4, -0.2) is 36.8 Å². The van der Waals surface area contributed by atoms with E-state index >= 15 is 0 Å². The third-order valence-electron chi connectivity index (χ3n) is 6.57. The van der Waals surface area contributed by atoms with Crippen molar-refractivity contribution >= 4 is 28.4 Å². The van der Waals surface area contributed by atoms with Crippen LogP contribution < -0.4 is 10.9 Å². The fourth-order valence-electron chi connectivity index (χ4n) is 4.38. The van der Waals surface area contributed by atoms with Gasteiger partial charge in [0.2, 0.25) is 0 Å². The Labute approximate surface area is 253 Å². The topological polar surface area (TPSA) is 121 Å². The highest BCUT2D eigenvalue weighted by Crippen LogP contribution is 2.32. The minimum Gasteiger partial charge on any atom is -0.475 e. The van der Waals surface area contributed by atoms with E-state index in [4.69, 9.17) is 14.9 Å². The first kappa shape index (κ1) is 30.3. The number of aromatic nitrogens is 4.